The summed E-state index contributed by atoms with van der Waals surface area (Å²) in [5.41, 5.74) is 0. The normalized spacial score (nSPS) is 19.6. The fourth-order valence-corrected chi connectivity index (χ4v) is 2.17. The molecule has 0 aromatic heterocycles. The fraction of sp³-hybridized carbons (Fsp3) is 0.917. The van der Waals surface area contributed by atoms with Crippen LogP contribution in [-0.2, 0) is 4.79 Å². The van der Waals surface area contributed by atoms with Gasteiger partial charge in [0.05, 0.1) is 12.6 Å². The zero-order valence-electron chi connectivity index (χ0n) is 10.5. The maximum absolute atomic E-state index is 11.9. The Kier molecular flexibility index (Phi) is 5.77. The Hall–Kier alpha value is -0.610. The van der Waals surface area contributed by atoms with Gasteiger partial charge in [-0.15, -0.1) is 0 Å². The van der Waals surface area contributed by atoms with Gasteiger partial charge in [0.2, 0.25) is 5.91 Å². The molecule has 1 rings (SSSR count). The van der Waals surface area contributed by atoms with Gasteiger partial charge in [-0.2, -0.15) is 0 Å². The number of carbonyl (C=O) groups excluding carboxylic acids is 1. The van der Waals surface area contributed by atoms with E-state index in [9.17, 15) is 9.90 Å². The highest BCUT2D eigenvalue weighted by atomic mass is 16.3. The van der Waals surface area contributed by atoms with Crippen LogP contribution >= 0.6 is 0 Å². The number of hydrogen-bond acceptors (Lipinski definition) is 3. The molecule has 1 fully saturated rings. The summed E-state index contributed by atoms with van der Waals surface area (Å²) in [6.45, 7) is 4.53. The largest absolute Gasteiger partial charge is 0.392 e. The third-order valence-electron chi connectivity index (χ3n) is 2.94. The molecule has 0 bridgehead atoms. The maximum atomic E-state index is 11.9. The van der Waals surface area contributed by atoms with E-state index in [-0.39, 0.29) is 12.0 Å². The number of likely N-dealkylation sites (N-methyl/N-ethyl adjacent to an activating group) is 1. The standard InChI is InChI=1S/C12H24N2O2/c1-11(15)9-13(2)10-12(16)14-7-5-3-4-6-8-14/h11,15H,3-10H2,1-2H3. The molecular weight excluding hydrogens is 204 g/mol. The number of amides is 1. The Morgan fingerprint density at radius 1 is 1.31 bits per heavy atom. The molecule has 4 nitrogen and oxygen atoms in total. The highest BCUT2D eigenvalue weighted by Gasteiger charge is 2.17. The van der Waals surface area contributed by atoms with Crippen molar-refractivity contribution in [1.82, 2.24) is 9.80 Å². The molecule has 0 radical (unpaired) electrons. The Labute approximate surface area is 98.2 Å². The van der Waals surface area contributed by atoms with E-state index >= 15 is 0 Å². The van der Waals surface area contributed by atoms with E-state index in [2.05, 4.69) is 0 Å². The van der Waals surface area contributed by atoms with Crippen LogP contribution in [0.5, 0.6) is 0 Å². The van der Waals surface area contributed by atoms with Gasteiger partial charge in [-0.1, -0.05) is 12.8 Å². The maximum Gasteiger partial charge on any atom is 0.236 e. The number of rotatable bonds is 4. The van der Waals surface area contributed by atoms with Gasteiger partial charge in [-0.3, -0.25) is 9.69 Å². The van der Waals surface area contributed by atoms with E-state index in [0.29, 0.717) is 13.1 Å². The van der Waals surface area contributed by atoms with E-state index in [4.69, 9.17) is 0 Å². The number of carbonyl (C=O) groups is 1. The van der Waals surface area contributed by atoms with Crippen molar-refractivity contribution in [3.8, 4) is 0 Å². The van der Waals surface area contributed by atoms with Crippen molar-refractivity contribution < 1.29 is 9.90 Å². The first-order valence-electron chi connectivity index (χ1n) is 6.24. The van der Waals surface area contributed by atoms with Crippen LogP contribution in [0.2, 0.25) is 0 Å². The first kappa shape index (κ1) is 13.5. The zero-order chi connectivity index (χ0) is 12.0. The molecule has 1 atom stereocenters. The minimum absolute atomic E-state index is 0.199. The summed E-state index contributed by atoms with van der Waals surface area (Å²) >= 11 is 0. The molecule has 1 aliphatic heterocycles. The lowest BCUT2D eigenvalue weighted by Crippen LogP contribution is -2.41. The molecule has 1 unspecified atom stereocenters. The Balaban J connectivity index is 2.32. The number of aliphatic hydroxyl groups is 1. The molecule has 4 heteroatoms. The van der Waals surface area contributed by atoms with Crippen molar-refractivity contribution in [3.63, 3.8) is 0 Å². The third kappa shape index (κ3) is 4.94. The van der Waals surface area contributed by atoms with Crippen LogP contribution < -0.4 is 0 Å². The Morgan fingerprint density at radius 3 is 2.38 bits per heavy atom. The lowest BCUT2D eigenvalue weighted by Gasteiger charge is -2.24. The molecule has 0 aromatic rings. The summed E-state index contributed by atoms with van der Waals surface area (Å²) in [7, 11) is 1.88. The second kappa shape index (κ2) is 6.86. The van der Waals surface area contributed by atoms with Crippen molar-refractivity contribution in [2.24, 2.45) is 0 Å². The van der Waals surface area contributed by atoms with Gasteiger partial charge in [-0.05, 0) is 26.8 Å². The third-order valence-corrected chi connectivity index (χ3v) is 2.94. The summed E-state index contributed by atoms with van der Waals surface area (Å²) in [4.78, 5) is 15.8. The van der Waals surface area contributed by atoms with E-state index in [1.165, 1.54) is 12.8 Å². The molecule has 0 aromatic carbocycles. The van der Waals surface area contributed by atoms with Gasteiger partial charge in [0, 0.05) is 19.6 Å². The fourth-order valence-electron chi connectivity index (χ4n) is 2.17. The van der Waals surface area contributed by atoms with Gasteiger partial charge < -0.3 is 10.0 Å². The minimum atomic E-state index is -0.373. The average Bonchev–Trinajstić information content (AvgIpc) is 2.43. The smallest absolute Gasteiger partial charge is 0.236 e. The van der Waals surface area contributed by atoms with Crippen LogP contribution in [0.15, 0.2) is 0 Å². The number of aliphatic hydroxyl groups excluding tert-OH is 1. The summed E-state index contributed by atoms with van der Waals surface area (Å²) in [5, 5.41) is 9.22. The Morgan fingerprint density at radius 2 is 1.88 bits per heavy atom. The minimum Gasteiger partial charge on any atom is -0.392 e. The molecule has 0 aliphatic carbocycles. The van der Waals surface area contributed by atoms with Gasteiger partial charge in [0.1, 0.15) is 0 Å². The monoisotopic (exact) mass is 228 g/mol. The summed E-state index contributed by atoms with van der Waals surface area (Å²) < 4.78 is 0. The van der Waals surface area contributed by atoms with Crippen molar-refractivity contribution in [1.29, 1.82) is 0 Å². The van der Waals surface area contributed by atoms with Crippen molar-refractivity contribution >= 4 is 5.91 Å². The van der Waals surface area contributed by atoms with Crippen LogP contribution in [0.3, 0.4) is 0 Å². The molecule has 1 amide bonds. The van der Waals surface area contributed by atoms with Crippen LogP contribution in [0.1, 0.15) is 32.6 Å². The van der Waals surface area contributed by atoms with Gasteiger partial charge in [0.15, 0.2) is 0 Å². The van der Waals surface area contributed by atoms with Crippen LogP contribution in [0.4, 0.5) is 0 Å². The average molecular weight is 228 g/mol. The van der Waals surface area contributed by atoms with E-state index in [1.807, 2.05) is 16.8 Å². The quantitative estimate of drug-likeness (QED) is 0.770. The van der Waals surface area contributed by atoms with Crippen LogP contribution in [0.25, 0.3) is 0 Å². The Bertz CT molecular complexity index is 211. The zero-order valence-corrected chi connectivity index (χ0v) is 10.5. The molecule has 94 valence electrons. The summed E-state index contributed by atoms with van der Waals surface area (Å²) in [6.07, 6.45) is 4.38. The van der Waals surface area contributed by atoms with E-state index in [1.54, 1.807) is 6.92 Å². The molecule has 0 spiro atoms. The summed E-state index contributed by atoms with van der Waals surface area (Å²) in [6, 6.07) is 0. The lowest BCUT2D eigenvalue weighted by molar-refractivity contribution is -0.132. The molecule has 0 saturated carbocycles. The predicted molar refractivity (Wildman–Crippen MR) is 64.2 cm³/mol. The highest BCUT2D eigenvalue weighted by Crippen LogP contribution is 2.09. The first-order valence-corrected chi connectivity index (χ1v) is 6.24. The van der Waals surface area contributed by atoms with Crippen molar-refractivity contribution in [2.45, 2.75) is 38.7 Å². The molecule has 1 heterocycles. The van der Waals surface area contributed by atoms with Crippen molar-refractivity contribution in [2.75, 3.05) is 33.2 Å². The van der Waals surface area contributed by atoms with Crippen LogP contribution in [-0.4, -0.2) is 60.1 Å². The second-order valence-corrected chi connectivity index (χ2v) is 4.84. The summed E-state index contributed by atoms with van der Waals surface area (Å²) in [5.74, 6) is 0.199. The van der Waals surface area contributed by atoms with Gasteiger partial charge >= 0.3 is 0 Å². The number of nitrogens with zero attached hydrogens (tertiary/aromatic N) is 2. The van der Waals surface area contributed by atoms with Gasteiger partial charge in [-0.25, -0.2) is 0 Å². The van der Waals surface area contributed by atoms with Crippen LogP contribution in [0, 0.1) is 0 Å². The second-order valence-electron chi connectivity index (χ2n) is 4.84. The van der Waals surface area contributed by atoms with E-state index < -0.39 is 0 Å². The van der Waals surface area contributed by atoms with E-state index in [0.717, 1.165) is 25.9 Å². The highest BCUT2D eigenvalue weighted by molar-refractivity contribution is 5.78. The molecule has 1 aliphatic rings. The molecular formula is C12H24N2O2. The first-order chi connectivity index (χ1) is 7.59. The van der Waals surface area contributed by atoms with Crippen molar-refractivity contribution in [3.05, 3.63) is 0 Å². The molecule has 1 saturated heterocycles. The predicted octanol–water partition coefficient (Wildman–Crippen LogP) is 0.702. The number of likely N-dealkylation sites (tertiary alicyclic amines) is 1. The lowest BCUT2D eigenvalue weighted by atomic mass is 10.2. The SMILES string of the molecule is CC(O)CN(C)CC(=O)N1CCCCCC1. The number of hydrogen-bond donors (Lipinski definition) is 1. The molecule has 16 heavy (non-hydrogen) atoms. The topological polar surface area (TPSA) is 43.8 Å². The van der Waals surface area contributed by atoms with Gasteiger partial charge in [0.25, 0.3) is 0 Å². The molecule has 1 N–H and O–H groups in total.